The molecule has 2 aliphatic rings. The Balaban J connectivity index is 1.53. The van der Waals surface area contributed by atoms with Gasteiger partial charge in [0.25, 0.3) is 0 Å². The molecule has 2 aromatic rings. The van der Waals surface area contributed by atoms with Gasteiger partial charge in [-0.25, -0.2) is 5.43 Å². The fraction of sp³-hybridized carbons (Fsp3) is 0.545. The normalized spacial score (nSPS) is 17.2. The molecule has 0 bridgehead atoms. The van der Waals surface area contributed by atoms with Crippen LogP contribution in [0, 0.1) is 0 Å². The smallest absolute Gasteiger partial charge is 0.250 e. The molecule has 0 spiro atoms. The number of aromatic hydroxyl groups is 1. The number of anilines is 3. The molecule has 166 valence electrons. The minimum Gasteiger partial charge on any atom is -0.504 e. The van der Waals surface area contributed by atoms with Gasteiger partial charge in [0.2, 0.25) is 17.8 Å². The minimum absolute atomic E-state index is 0.113. The summed E-state index contributed by atoms with van der Waals surface area (Å²) in [6, 6.07) is 5.11. The van der Waals surface area contributed by atoms with E-state index in [9.17, 15) is 5.11 Å². The van der Waals surface area contributed by atoms with Crippen molar-refractivity contribution in [2.24, 2.45) is 5.10 Å². The van der Waals surface area contributed by atoms with Crippen LogP contribution in [0.5, 0.6) is 11.5 Å². The molecular formula is C22H31N7O2. The van der Waals surface area contributed by atoms with Crippen molar-refractivity contribution < 1.29 is 9.84 Å². The highest BCUT2D eigenvalue weighted by Crippen LogP contribution is 2.26. The van der Waals surface area contributed by atoms with Gasteiger partial charge in [0, 0.05) is 26.2 Å². The highest BCUT2D eigenvalue weighted by molar-refractivity contribution is 5.81. The first-order valence-electron chi connectivity index (χ1n) is 11.2. The molecule has 2 aliphatic heterocycles. The van der Waals surface area contributed by atoms with Gasteiger partial charge in [-0.3, -0.25) is 0 Å². The summed E-state index contributed by atoms with van der Waals surface area (Å²) in [5.74, 6) is 2.43. The van der Waals surface area contributed by atoms with Gasteiger partial charge in [0.05, 0.1) is 12.8 Å². The second-order valence-corrected chi connectivity index (χ2v) is 7.88. The first-order valence-corrected chi connectivity index (χ1v) is 11.2. The van der Waals surface area contributed by atoms with Crippen molar-refractivity contribution in [1.82, 2.24) is 15.0 Å². The number of hydrogen-bond donors (Lipinski definition) is 2. The molecule has 9 nitrogen and oxygen atoms in total. The van der Waals surface area contributed by atoms with Crippen LogP contribution in [-0.2, 0) is 0 Å². The van der Waals surface area contributed by atoms with E-state index >= 15 is 0 Å². The summed E-state index contributed by atoms with van der Waals surface area (Å²) >= 11 is 0. The van der Waals surface area contributed by atoms with Crippen molar-refractivity contribution in [3.05, 3.63) is 23.8 Å². The number of piperidine rings is 2. The summed E-state index contributed by atoms with van der Waals surface area (Å²) in [7, 11) is 0. The van der Waals surface area contributed by atoms with Gasteiger partial charge < -0.3 is 19.6 Å². The predicted octanol–water partition coefficient (Wildman–Crippen LogP) is 3.40. The highest BCUT2D eigenvalue weighted by Gasteiger charge is 2.20. The van der Waals surface area contributed by atoms with Gasteiger partial charge in [0.1, 0.15) is 0 Å². The Kier molecular flexibility index (Phi) is 7.01. The molecule has 0 atom stereocenters. The van der Waals surface area contributed by atoms with Crippen LogP contribution in [0.3, 0.4) is 0 Å². The van der Waals surface area contributed by atoms with Crippen LogP contribution in [0.25, 0.3) is 0 Å². The Morgan fingerprint density at radius 3 is 2.16 bits per heavy atom. The summed E-state index contributed by atoms with van der Waals surface area (Å²) in [6.45, 7) is 6.25. The SMILES string of the molecule is CCOc1cc(/C=N\Nc2nc(N3CCCCC3)nc(N3CCCCC3)n2)ccc1O. The molecule has 0 unspecified atom stereocenters. The minimum atomic E-state index is 0.113. The summed E-state index contributed by atoms with van der Waals surface area (Å²) in [4.78, 5) is 18.5. The molecule has 2 saturated heterocycles. The van der Waals surface area contributed by atoms with Crippen LogP contribution in [0.2, 0.25) is 0 Å². The Hall–Kier alpha value is -3.10. The first-order chi connectivity index (χ1) is 15.2. The average Bonchev–Trinajstić information content (AvgIpc) is 2.82. The number of phenolic OH excluding ortho intramolecular Hbond substituents is 1. The van der Waals surface area contributed by atoms with E-state index in [1.165, 1.54) is 12.8 Å². The van der Waals surface area contributed by atoms with E-state index in [2.05, 4.69) is 30.3 Å². The lowest BCUT2D eigenvalue weighted by atomic mass is 10.1. The van der Waals surface area contributed by atoms with Gasteiger partial charge in [-0.05, 0) is 69.2 Å². The van der Waals surface area contributed by atoms with E-state index in [1.807, 2.05) is 6.92 Å². The third-order valence-electron chi connectivity index (χ3n) is 5.55. The number of benzene rings is 1. The van der Waals surface area contributed by atoms with Crippen molar-refractivity contribution in [2.45, 2.75) is 45.4 Å². The number of ether oxygens (including phenoxy) is 1. The Morgan fingerprint density at radius 2 is 1.58 bits per heavy atom. The molecule has 0 saturated carbocycles. The lowest BCUT2D eigenvalue weighted by Gasteiger charge is -2.30. The van der Waals surface area contributed by atoms with Crippen LogP contribution >= 0.6 is 0 Å². The van der Waals surface area contributed by atoms with E-state index in [0.717, 1.165) is 69.3 Å². The molecular weight excluding hydrogens is 394 g/mol. The van der Waals surface area contributed by atoms with Crippen LogP contribution in [-0.4, -0.2) is 59.1 Å². The lowest BCUT2D eigenvalue weighted by molar-refractivity contribution is 0.318. The van der Waals surface area contributed by atoms with E-state index in [0.29, 0.717) is 18.3 Å². The van der Waals surface area contributed by atoms with Crippen LogP contribution in [0.4, 0.5) is 17.8 Å². The summed E-state index contributed by atoms with van der Waals surface area (Å²) in [5, 5.41) is 14.2. The maximum absolute atomic E-state index is 9.86. The standard InChI is InChI=1S/C22H31N7O2/c1-2-31-19-15-17(9-10-18(19)30)16-23-27-20-24-21(28-11-5-3-6-12-28)26-22(25-20)29-13-7-4-8-14-29/h9-10,15-16,30H,2-8,11-14H2,1H3,(H,24,25,26,27)/b23-16-. The largest absolute Gasteiger partial charge is 0.504 e. The summed E-state index contributed by atoms with van der Waals surface area (Å²) in [6.07, 6.45) is 8.82. The van der Waals surface area contributed by atoms with Crippen molar-refractivity contribution in [2.75, 3.05) is 48.0 Å². The molecule has 3 heterocycles. The van der Waals surface area contributed by atoms with Gasteiger partial charge in [0.15, 0.2) is 11.5 Å². The van der Waals surface area contributed by atoms with Crippen molar-refractivity contribution in [3.8, 4) is 11.5 Å². The fourth-order valence-corrected chi connectivity index (χ4v) is 3.92. The number of hydrogen-bond acceptors (Lipinski definition) is 9. The first kappa shape index (κ1) is 21.1. The van der Waals surface area contributed by atoms with Crippen LogP contribution < -0.4 is 20.0 Å². The number of nitrogens with zero attached hydrogens (tertiary/aromatic N) is 6. The highest BCUT2D eigenvalue weighted by atomic mass is 16.5. The molecule has 4 rings (SSSR count). The number of rotatable bonds is 7. The van der Waals surface area contributed by atoms with Crippen LogP contribution in [0.15, 0.2) is 23.3 Å². The molecule has 1 aromatic carbocycles. The van der Waals surface area contributed by atoms with Crippen molar-refractivity contribution >= 4 is 24.1 Å². The van der Waals surface area contributed by atoms with E-state index in [1.54, 1.807) is 24.4 Å². The lowest BCUT2D eigenvalue weighted by Crippen LogP contribution is -2.34. The quantitative estimate of drug-likeness (QED) is 0.514. The molecule has 2 fully saturated rings. The summed E-state index contributed by atoms with van der Waals surface area (Å²) < 4.78 is 5.43. The number of hydrazone groups is 1. The third-order valence-corrected chi connectivity index (χ3v) is 5.55. The topological polar surface area (TPSA) is 99.0 Å². The summed E-state index contributed by atoms with van der Waals surface area (Å²) in [5.41, 5.74) is 3.77. The van der Waals surface area contributed by atoms with Crippen LogP contribution in [0.1, 0.15) is 51.0 Å². The van der Waals surface area contributed by atoms with Gasteiger partial charge in [-0.2, -0.15) is 20.1 Å². The van der Waals surface area contributed by atoms with E-state index in [-0.39, 0.29) is 5.75 Å². The van der Waals surface area contributed by atoms with E-state index < -0.39 is 0 Å². The average molecular weight is 426 g/mol. The molecule has 0 amide bonds. The van der Waals surface area contributed by atoms with Gasteiger partial charge in [-0.1, -0.05) is 0 Å². The molecule has 31 heavy (non-hydrogen) atoms. The Labute approximate surface area is 183 Å². The van der Waals surface area contributed by atoms with E-state index in [4.69, 9.17) is 9.72 Å². The number of aromatic nitrogens is 3. The zero-order valence-corrected chi connectivity index (χ0v) is 18.1. The second-order valence-electron chi connectivity index (χ2n) is 7.88. The van der Waals surface area contributed by atoms with Gasteiger partial charge >= 0.3 is 0 Å². The Bertz CT molecular complexity index is 857. The number of phenols is 1. The fourth-order valence-electron chi connectivity index (χ4n) is 3.92. The predicted molar refractivity (Wildman–Crippen MR) is 122 cm³/mol. The monoisotopic (exact) mass is 425 g/mol. The van der Waals surface area contributed by atoms with Crippen molar-refractivity contribution in [1.29, 1.82) is 0 Å². The zero-order valence-electron chi connectivity index (χ0n) is 18.1. The molecule has 9 heteroatoms. The Morgan fingerprint density at radius 1 is 0.968 bits per heavy atom. The molecule has 2 N–H and O–H groups in total. The zero-order chi connectivity index (χ0) is 21.5. The molecule has 0 radical (unpaired) electrons. The second kappa shape index (κ2) is 10.3. The third kappa shape index (κ3) is 5.53. The molecule has 1 aromatic heterocycles. The number of nitrogens with one attached hydrogen (secondary N) is 1. The van der Waals surface area contributed by atoms with Gasteiger partial charge in [-0.15, -0.1) is 0 Å². The maximum Gasteiger partial charge on any atom is 0.250 e. The molecule has 0 aliphatic carbocycles. The van der Waals surface area contributed by atoms with Crippen molar-refractivity contribution in [3.63, 3.8) is 0 Å². The maximum atomic E-state index is 9.86.